The summed E-state index contributed by atoms with van der Waals surface area (Å²) in [5, 5.41) is 0. The lowest BCUT2D eigenvalue weighted by atomic mass is 9.89. The lowest BCUT2D eigenvalue weighted by molar-refractivity contribution is -0.137. The highest BCUT2D eigenvalue weighted by molar-refractivity contribution is 5.81. The molecule has 6 heteroatoms. The van der Waals surface area contributed by atoms with Gasteiger partial charge in [-0.3, -0.25) is 4.99 Å². The first-order valence-corrected chi connectivity index (χ1v) is 6.15. The van der Waals surface area contributed by atoms with E-state index in [0.717, 1.165) is 12.1 Å². The molecular weight excluding hydrogens is 267 g/mol. The third-order valence-electron chi connectivity index (χ3n) is 3.54. The van der Waals surface area contributed by atoms with Crippen molar-refractivity contribution >= 4 is 5.96 Å². The molecule has 1 aliphatic rings. The Morgan fingerprint density at radius 2 is 2.20 bits per heavy atom. The standard InChI is InChI=1S/C14H16F3N3/c1-3-7-20-12(18)19-9-13(20,2)10-5-4-6-11(8-10)14(15,16)17/h3-6,8H,1,7,9H2,2H3,(H2,18,19). The third-order valence-corrected chi connectivity index (χ3v) is 3.54. The fourth-order valence-electron chi connectivity index (χ4n) is 2.36. The van der Waals surface area contributed by atoms with Crippen LogP contribution in [0, 0.1) is 0 Å². The zero-order valence-electron chi connectivity index (χ0n) is 11.1. The molecule has 3 nitrogen and oxygen atoms in total. The number of hydrogen-bond donors (Lipinski definition) is 1. The van der Waals surface area contributed by atoms with Crippen molar-refractivity contribution < 1.29 is 13.2 Å². The fourth-order valence-corrected chi connectivity index (χ4v) is 2.36. The quantitative estimate of drug-likeness (QED) is 0.867. The van der Waals surface area contributed by atoms with Crippen LogP contribution in [0.5, 0.6) is 0 Å². The second kappa shape index (κ2) is 4.85. The molecule has 1 aliphatic heterocycles. The Morgan fingerprint density at radius 3 is 2.80 bits per heavy atom. The molecule has 1 aromatic rings. The maximum Gasteiger partial charge on any atom is 0.416 e. The van der Waals surface area contributed by atoms with Crippen LogP contribution in [0.3, 0.4) is 0 Å². The minimum Gasteiger partial charge on any atom is -0.370 e. The van der Waals surface area contributed by atoms with E-state index in [1.54, 1.807) is 17.0 Å². The van der Waals surface area contributed by atoms with E-state index in [1.165, 1.54) is 6.07 Å². The van der Waals surface area contributed by atoms with Crippen LogP contribution >= 0.6 is 0 Å². The van der Waals surface area contributed by atoms with Gasteiger partial charge in [0, 0.05) is 6.54 Å². The SMILES string of the molecule is C=CCN1C(N)=NCC1(C)c1cccc(C(F)(F)F)c1. The Labute approximate surface area is 115 Å². The van der Waals surface area contributed by atoms with Gasteiger partial charge in [0.05, 0.1) is 17.6 Å². The molecule has 0 amide bonds. The second-order valence-electron chi connectivity index (χ2n) is 4.93. The summed E-state index contributed by atoms with van der Waals surface area (Å²) in [6.45, 7) is 6.23. The summed E-state index contributed by atoms with van der Waals surface area (Å²) in [5.74, 6) is 0.324. The predicted molar refractivity (Wildman–Crippen MR) is 72.2 cm³/mol. The smallest absolute Gasteiger partial charge is 0.370 e. The summed E-state index contributed by atoms with van der Waals surface area (Å²) >= 11 is 0. The molecule has 0 bridgehead atoms. The normalized spacial score (nSPS) is 22.8. The van der Waals surface area contributed by atoms with Crippen LogP contribution in [0.4, 0.5) is 13.2 Å². The number of benzene rings is 1. The number of nitrogens with zero attached hydrogens (tertiary/aromatic N) is 2. The van der Waals surface area contributed by atoms with Gasteiger partial charge in [0.15, 0.2) is 5.96 Å². The molecule has 0 aromatic heterocycles. The molecule has 1 atom stereocenters. The molecule has 0 spiro atoms. The van der Waals surface area contributed by atoms with Gasteiger partial charge in [-0.15, -0.1) is 6.58 Å². The Hall–Kier alpha value is -1.98. The molecule has 2 N–H and O–H groups in total. The van der Waals surface area contributed by atoms with Crippen molar-refractivity contribution in [1.82, 2.24) is 4.90 Å². The van der Waals surface area contributed by atoms with Gasteiger partial charge in [-0.2, -0.15) is 13.2 Å². The van der Waals surface area contributed by atoms with Crippen molar-refractivity contribution in [1.29, 1.82) is 0 Å². The molecule has 1 aromatic carbocycles. The van der Waals surface area contributed by atoms with Crippen LogP contribution in [0.25, 0.3) is 0 Å². The molecule has 0 saturated heterocycles. The minimum atomic E-state index is -4.36. The lowest BCUT2D eigenvalue weighted by Gasteiger charge is -2.36. The third kappa shape index (κ3) is 2.37. The van der Waals surface area contributed by atoms with Gasteiger partial charge in [0.2, 0.25) is 0 Å². The Kier molecular flexibility index (Phi) is 3.50. The summed E-state index contributed by atoms with van der Waals surface area (Å²) in [6, 6.07) is 5.29. The Balaban J connectivity index is 2.42. The predicted octanol–water partition coefficient (Wildman–Crippen LogP) is 2.74. The van der Waals surface area contributed by atoms with E-state index < -0.39 is 17.3 Å². The summed E-state index contributed by atoms with van der Waals surface area (Å²) in [7, 11) is 0. The number of aliphatic imine (C=N–C) groups is 1. The van der Waals surface area contributed by atoms with Gasteiger partial charge < -0.3 is 10.6 Å². The summed E-state index contributed by atoms with van der Waals surface area (Å²) in [5.41, 5.74) is 5.00. The van der Waals surface area contributed by atoms with Crippen LogP contribution in [-0.2, 0) is 11.7 Å². The van der Waals surface area contributed by atoms with Crippen molar-refractivity contribution in [2.45, 2.75) is 18.6 Å². The molecule has 108 valence electrons. The van der Waals surface area contributed by atoms with Crippen molar-refractivity contribution in [3.8, 4) is 0 Å². The highest BCUT2D eigenvalue weighted by atomic mass is 19.4. The van der Waals surface area contributed by atoms with Gasteiger partial charge in [0.25, 0.3) is 0 Å². The fraction of sp³-hybridized carbons (Fsp3) is 0.357. The summed E-state index contributed by atoms with van der Waals surface area (Å²) in [4.78, 5) is 5.91. The maximum absolute atomic E-state index is 12.8. The van der Waals surface area contributed by atoms with Gasteiger partial charge in [-0.25, -0.2) is 0 Å². The average molecular weight is 283 g/mol. The number of guanidine groups is 1. The van der Waals surface area contributed by atoms with Gasteiger partial charge >= 0.3 is 6.18 Å². The van der Waals surface area contributed by atoms with E-state index in [0.29, 0.717) is 24.6 Å². The van der Waals surface area contributed by atoms with E-state index >= 15 is 0 Å². The minimum absolute atomic E-state index is 0.324. The Morgan fingerprint density at radius 1 is 1.50 bits per heavy atom. The zero-order chi connectivity index (χ0) is 15.0. The van der Waals surface area contributed by atoms with Crippen LogP contribution in [0.1, 0.15) is 18.1 Å². The molecular formula is C14H16F3N3. The van der Waals surface area contributed by atoms with Gasteiger partial charge in [-0.05, 0) is 24.6 Å². The van der Waals surface area contributed by atoms with Gasteiger partial charge in [0.1, 0.15) is 0 Å². The first-order chi connectivity index (χ1) is 9.29. The molecule has 0 saturated carbocycles. The molecule has 0 radical (unpaired) electrons. The second-order valence-corrected chi connectivity index (χ2v) is 4.93. The van der Waals surface area contributed by atoms with E-state index in [2.05, 4.69) is 11.6 Å². The van der Waals surface area contributed by atoms with Crippen molar-refractivity contribution in [2.24, 2.45) is 10.7 Å². The number of hydrogen-bond acceptors (Lipinski definition) is 3. The molecule has 2 rings (SSSR count). The zero-order valence-corrected chi connectivity index (χ0v) is 11.1. The van der Waals surface area contributed by atoms with Crippen molar-refractivity contribution in [2.75, 3.05) is 13.1 Å². The molecule has 1 heterocycles. The van der Waals surface area contributed by atoms with Crippen LogP contribution in [0.15, 0.2) is 41.9 Å². The lowest BCUT2D eigenvalue weighted by Crippen LogP contribution is -2.47. The van der Waals surface area contributed by atoms with Crippen molar-refractivity contribution in [3.05, 3.63) is 48.0 Å². The van der Waals surface area contributed by atoms with Crippen LogP contribution < -0.4 is 5.73 Å². The van der Waals surface area contributed by atoms with E-state index in [9.17, 15) is 13.2 Å². The van der Waals surface area contributed by atoms with E-state index in [4.69, 9.17) is 5.73 Å². The van der Waals surface area contributed by atoms with E-state index in [-0.39, 0.29) is 0 Å². The molecule has 1 unspecified atom stereocenters. The average Bonchev–Trinajstić information content (AvgIpc) is 2.68. The van der Waals surface area contributed by atoms with Crippen LogP contribution in [0.2, 0.25) is 0 Å². The number of nitrogens with two attached hydrogens (primary N) is 1. The summed E-state index contributed by atoms with van der Waals surface area (Å²) in [6.07, 6.45) is -2.71. The molecule has 20 heavy (non-hydrogen) atoms. The van der Waals surface area contributed by atoms with E-state index in [1.807, 2.05) is 6.92 Å². The molecule has 0 fully saturated rings. The number of halogens is 3. The first-order valence-electron chi connectivity index (χ1n) is 6.15. The maximum atomic E-state index is 12.8. The van der Waals surface area contributed by atoms with Crippen LogP contribution in [-0.4, -0.2) is 23.9 Å². The van der Waals surface area contributed by atoms with Crippen molar-refractivity contribution in [3.63, 3.8) is 0 Å². The van der Waals surface area contributed by atoms with Gasteiger partial charge in [-0.1, -0.05) is 18.2 Å². The topological polar surface area (TPSA) is 41.6 Å². The first kappa shape index (κ1) is 14.4. The molecule has 0 aliphatic carbocycles. The Bertz CT molecular complexity index is 551. The number of alkyl halides is 3. The highest BCUT2D eigenvalue weighted by Gasteiger charge is 2.40. The monoisotopic (exact) mass is 283 g/mol. The number of rotatable bonds is 3. The summed E-state index contributed by atoms with van der Waals surface area (Å²) < 4.78 is 38.5. The largest absolute Gasteiger partial charge is 0.416 e. The highest BCUT2D eigenvalue weighted by Crippen LogP contribution is 2.36.